The van der Waals surface area contributed by atoms with E-state index in [2.05, 4.69) is 15.3 Å². The fraction of sp³-hybridized carbons (Fsp3) is 0.545. The number of Topliss-reactive ketones (excluding diaryl/α,β-unsaturated/α-hetero) is 1. The van der Waals surface area contributed by atoms with E-state index in [1.165, 1.54) is 6.33 Å². The molecule has 15 heavy (non-hydrogen) atoms. The molecular formula is C11H15N3O. The largest absolute Gasteiger partial charge is 0.317 e. The van der Waals surface area contributed by atoms with Crippen LogP contribution in [0.1, 0.15) is 30.1 Å². The van der Waals surface area contributed by atoms with Crippen molar-refractivity contribution in [2.75, 3.05) is 13.1 Å². The predicted octanol–water partition coefficient (Wildman–Crippen LogP) is 1.05. The summed E-state index contributed by atoms with van der Waals surface area (Å²) in [5.41, 5.74) is 0.387. The number of carbonyl (C=O) groups is 1. The Hall–Kier alpha value is -1.29. The summed E-state index contributed by atoms with van der Waals surface area (Å²) in [5.74, 6) is 0.171. The molecule has 1 N–H and O–H groups in total. The average molecular weight is 205 g/mol. The SMILES string of the molecule is CC1(C(=O)c2cncnc2)CCNCC1. The van der Waals surface area contributed by atoms with Crippen molar-refractivity contribution in [3.05, 3.63) is 24.3 Å². The third-order valence-corrected chi connectivity index (χ3v) is 3.08. The van der Waals surface area contributed by atoms with Crippen molar-refractivity contribution in [2.45, 2.75) is 19.8 Å². The minimum absolute atomic E-state index is 0.171. The Labute approximate surface area is 89.1 Å². The smallest absolute Gasteiger partial charge is 0.171 e. The van der Waals surface area contributed by atoms with Crippen LogP contribution in [0.15, 0.2) is 18.7 Å². The average Bonchev–Trinajstić information content (AvgIpc) is 2.30. The molecule has 0 aliphatic carbocycles. The van der Waals surface area contributed by atoms with Crippen LogP contribution in [-0.4, -0.2) is 28.8 Å². The van der Waals surface area contributed by atoms with E-state index in [0.717, 1.165) is 25.9 Å². The summed E-state index contributed by atoms with van der Waals surface area (Å²) in [7, 11) is 0. The molecule has 4 heteroatoms. The normalized spacial score (nSPS) is 19.8. The van der Waals surface area contributed by atoms with Gasteiger partial charge in [-0.2, -0.15) is 0 Å². The summed E-state index contributed by atoms with van der Waals surface area (Å²) in [6.07, 6.45) is 6.42. The molecule has 2 heterocycles. The minimum Gasteiger partial charge on any atom is -0.317 e. The molecule has 1 aromatic rings. The van der Waals surface area contributed by atoms with Crippen molar-refractivity contribution in [2.24, 2.45) is 5.41 Å². The van der Waals surface area contributed by atoms with E-state index in [1.807, 2.05) is 6.92 Å². The molecule has 0 bridgehead atoms. The van der Waals surface area contributed by atoms with Gasteiger partial charge in [0, 0.05) is 17.8 Å². The summed E-state index contributed by atoms with van der Waals surface area (Å²) in [6, 6.07) is 0. The van der Waals surface area contributed by atoms with Crippen LogP contribution in [-0.2, 0) is 0 Å². The van der Waals surface area contributed by atoms with Gasteiger partial charge in [0.1, 0.15) is 6.33 Å². The fourth-order valence-corrected chi connectivity index (χ4v) is 1.97. The monoisotopic (exact) mass is 205 g/mol. The van der Waals surface area contributed by atoms with Gasteiger partial charge >= 0.3 is 0 Å². The molecule has 4 nitrogen and oxygen atoms in total. The maximum atomic E-state index is 12.2. The summed E-state index contributed by atoms with van der Waals surface area (Å²) in [4.78, 5) is 20.0. The van der Waals surface area contributed by atoms with E-state index < -0.39 is 0 Å². The van der Waals surface area contributed by atoms with Crippen molar-refractivity contribution < 1.29 is 4.79 Å². The summed E-state index contributed by atoms with van der Waals surface area (Å²) in [5, 5.41) is 3.26. The molecule has 2 rings (SSSR count). The Kier molecular flexibility index (Phi) is 2.77. The number of carbonyl (C=O) groups excluding carboxylic acids is 1. The highest BCUT2D eigenvalue weighted by Crippen LogP contribution is 2.31. The zero-order chi connectivity index (χ0) is 10.7. The summed E-state index contributed by atoms with van der Waals surface area (Å²) < 4.78 is 0. The first-order chi connectivity index (χ1) is 7.22. The van der Waals surface area contributed by atoms with Crippen LogP contribution in [0.5, 0.6) is 0 Å². The van der Waals surface area contributed by atoms with E-state index in [9.17, 15) is 4.79 Å². The number of nitrogens with one attached hydrogen (secondary N) is 1. The Morgan fingerprint density at radius 3 is 2.53 bits per heavy atom. The van der Waals surface area contributed by atoms with Crippen LogP contribution in [0.2, 0.25) is 0 Å². The van der Waals surface area contributed by atoms with E-state index >= 15 is 0 Å². The molecule has 0 unspecified atom stereocenters. The first-order valence-corrected chi connectivity index (χ1v) is 5.23. The van der Waals surface area contributed by atoms with Crippen LogP contribution >= 0.6 is 0 Å². The van der Waals surface area contributed by atoms with Crippen molar-refractivity contribution in [1.82, 2.24) is 15.3 Å². The van der Waals surface area contributed by atoms with E-state index in [1.54, 1.807) is 12.4 Å². The molecule has 1 aliphatic heterocycles. The number of hydrogen-bond donors (Lipinski definition) is 1. The van der Waals surface area contributed by atoms with Gasteiger partial charge in [-0.05, 0) is 25.9 Å². The van der Waals surface area contributed by atoms with Crippen LogP contribution in [0, 0.1) is 5.41 Å². The van der Waals surface area contributed by atoms with Gasteiger partial charge in [0.25, 0.3) is 0 Å². The van der Waals surface area contributed by atoms with Crippen molar-refractivity contribution in [1.29, 1.82) is 0 Å². The maximum absolute atomic E-state index is 12.2. The molecule has 1 aliphatic rings. The summed E-state index contributed by atoms with van der Waals surface area (Å²) >= 11 is 0. The second kappa shape index (κ2) is 4.06. The molecule has 80 valence electrons. The summed E-state index contributed by atoms with van der Waals surface area (Å²) in [6.45, 7) is 3.86. The highest BCUT2D eigenvalue weighted by Gasteiger charge is 2.35. The van der Waals surface area contributed by atoms with Gasteiger partial charge in [-0.1, -0.05) is 6.92 Å². The predicted molar refractivity (Wildman–Crippen MR) is 56.6 cm³/mol. The van der Waals surface area contributed by atoms with Crippen LogP contribution < -0.4 is 5.32 Å². The zero-order valence-electron chi connectivity index (χ0n) is 8.86. The first kappa shape index (κ1) is 10.2. The Morgan fingerprint density at radius 1 is 1.33 bits per heavy atom. The lowest BCUT2D eigenvalue weighted by atomic mass is 9.75. The highest BCUT2D eigenvalue weighted by molar-refractivity contribution is 5.99. The molecule has 1 saturated heterocycles. The van der Waals surface area contributed by atoms with Crippen LogP contribution in [0.25, 0.3) is 0 Å². The number of aromatic nitrogens is 2. The maximum Gasteiger partial charge on any atom is 0.171 e. The van der Waals surface area contributed by atoms with Gasteiger partial charge in [0.2, 0.25) is 0 Å². The van der Waals surface area contributed by atoms with Gasteiger partial charge in [-0.3, -0.25) is 4.79 Å². The van der Waals surface area contributed by atoms with Gasteiger partial charge in [0.05, 0.1) is 5.56 Å². The van der Waals surface area contributed by atoms with E-state index in [-0.39, 0.29) is 11.2 Å². The van der Waals surface area contributed by atoms with E-state index in [4.69, 9.17) is 0 Å². The molecule has 0 spiro atoms. The van der Waals surface area contributed by atoms with Gasteiger partial charge in [-0.15, -0.1) is 0 Å². The number of rotatable bonds is 2. The number of nitrogens with zero attached hydrogens (tertiary/aromatic N) is 2. The van der Waals surface area contributed by atoms with Gasteiger partial charge < -0.3 is 5.32 Å². The Morgan fingerprint density at radius 2 is 1.93 bits per heavy atom. The van der Waals surface area contributed by atoms with E-state index in [0.29, 0.717) is 5.56 Å². The topological polar surface area (TPSA) is 54.9 Å². The third kappa shape index (κ3) is 2.04. The standard InChI is InChI=1S/C11H15N3O/c1-11(2-4-12-5-3-11)10(15)9-6-13-8-14-7-9/h6-8,12H,2-5H2,1H3. The molecular weight excluding hydrogens is 190 g/mol. The molecule has 1 aromatic heterocycles. The fourth-order valence-electron chi connectivity index (χ4n) is 1.97. The van der Waals surface area contributed by atoms with Gasteiger partial charge in [0.15, 0.2) is 5.78 Å². The Balaban J connectivity index is 2.20. The second-order valence-electron chi connectivity index (χ2n) is 4.27. The highest BCUT2D eigenvalue weighted by atomic mass is 16.1. The quantitative estimate of drug-likeness (QED) is 0.733. The molecule has 0 saturated carbocycles. The second-order valence-corrected chi connectivity index (χ2v) is 4.27. The third-order valence-electron chi connectivity index (χ3n) is 3.08. The molecule has 0 atom stereocenters. The lowest BCUT2D eigenvalue weighted by molar-refractivity contribution is 0.0761. The molecule has 0 radical (unpaired) electrons. The number of ketones is 1. The van der Waals surface area contributed by atoms with Crippen LogP contribution in [0.3, 0.4) is 0 Å². The van der Waals surface area contributed by atoms with Crippen LogP contribution in [0.4, 0.5) is 0 Å². The Bertz CT molecular complexity index is 344. The zero-order valence-corrected chi connectivity index (χ0v) is 8.86. The number of piperidine rings is 1. The van der Waals surface area contributed by atoms with Crippen molar-refractivity contribution in [3.8, 4) is 0 Å². The van der Waals surface area contributed by atoms with Crippen molar-refractivity contribution >= 4 is 5.78 Å². The lowest BCUT2D eigenvalue weighted by Crippen LogP contribution is -2.40. The van der Waals surface area contributed by atoms with Crippen molar-refractivity contribution in [3.63, 3.8) is 0 Å². The first-order valence-electron chi connectivity index (χ1n) is 5.23. The lowest BCUT2D eigenvalue weighted by Gasteiger charge is -2.32. The molecule has 0 aromatic carbocycles. The number of hydrogen-bond acceptors (Lipinski definition) is 4. The van der Waals surface area contributed by atoms with Gasteiger partial charge in [-0.25, -0.2) is 9.97 Å². The molecule has 1 fully saturated rings. The minimum atomic E-state index is -0.240. The molecule has 0 amide bonds.